The van der Waals surface area contributed by atoms with E-state index in [1.54, 1.807) is 51.4 Å². The molecule has 8 heteroatoms. The molecule has 0 radical (unpaired) electrons. The van der Waals surface area contributed by atoms with E-state index in [4.69, 9.17) is 16.3 Å². The zero-order valence-electron chi connectivity index (χ0n) is 22.3. The minimum atomic E-state index is -0.534. The number of benzene rings is 2. The van der Waals surface area contributed by atoms with Crippen LogP contribution >= 0.6 is 11.6 Å². The molecule has 0 atom stereocenters. The van der Waals surface area contributed by atoms with E-state index in [1.807, 2.05) is 13.0 Å². The second-order valence-electron chi connectivity index (χ2n) is 9.68. The number of anilines is 1. The lowest BCUT2D eigenvalue weighted by atomic mass is 9.95. The number of nitrogens with zero attached hydrogens (tertiary/aromatic N) is 2. The normalized spacial score (nSPS) is 12.4. The summed E-state index contributed by atoms with van der Waals surface area (Å²) in [4.78, 5) is 30.5. The highest BCUT2D eigenvalue weighted by Gasteiger charge is 2.23. The molecule has 200 valence electrons. The molecule has 0 fully saturated rings. The molecule has 1 N–H and O–H groups in total. The lowest BCUT2D eigenvalue weighted by Crippen LogP contribution is -2.29. The lowest BCUT2D eigenvalue weighted by Gasteiger charge is -2.17. The van der Waals surface area contributed by atoms with Crippen LogP contribution in [-0.4, -0.2) is 22.6 Å². The standard InChI is InChI=1S/C31H29ClFN3O3/c1-5-19-12-13-23(31(38)36(19)3)29(37)34-25-11-7-9-20(17(25)2)27-24(33)15-14-22(28(27)32)26-16-18-8-6-10-21(18)30(35-26)39-4/h7,9,11-16H,5-6,8,10H2,1-4H3,(H,34,37). The van der Waals surface area contributed by atoms with E-state index in [0.717, 1.165) is 36.1 Å². The molecule has 2 aromatic heterocycles. The summed E-state index contributed by atoms with van der Waals surface area (Å²) in [5.74, 6) is -0.457. The van der Waals surface area contributed by atoms with Crippen LogP contribution in [0.1, 0.15) is 46.1 Å². The first-order chi connectivity index (χ1) is 18.7. The van der Waals surface area contributed by atoms with Gasteiger partial charge in [-0.15, -0.1) is 0 Å². The summed E-state index contributed by atoms with van der Waals surface area (Å²) in [6, 6.07) is 13.5. The Hall–Kier alpha value is -3.97. The quantitative estimate of drug-likeness (QED) is 0.299. The fourth-order valence-corrected chi connectivity index (χ4v) is 5.63. The van der Waals surface area contributed by atoms with Crippen LogP contribution in [0, 0.1) is 12.7 Å². The third-order valence-corrected chi connectivity index (χ3v) is 7.87. The molecule has 1 aliphatic rings. The number of aryl methyl sites for hydroxylation is 2. The van der Waals surface area contributed by atoms with E-state index >= 15 is 4.39 Å². The van der Waals surface area contributed by atoms with Crippen molar-refractivity contribution in [2.45, 2.75) is 39.5 Å². The summed E-state index contributed by atoms with van der Waals surface area (Å²) in [7, 11) is 3.24. The Bertz CT molecular complexity index is 1680. The van der Waals surface area contributed by atoms with Gasteiger partial charge in [-0.25, -0.2) is 9.37 Å². The van der Waals surface area contributed by atoms with Crippen molar-refractivity contribution in [2.75, 3.05) is 12.4 Å². The molecule has 2 aromatic carbocycles. The van der Waals surface area contributed by atoms with Crippen LogP contribution < -0.4 is 15.6 Å². The first-order valence-corrected chi connectivity index (χ1v) is 13.3. The average Bonchev–Trinajstić information content (AvgIpc) is 3.40. The molecule has 0 saturated heterocycles. The summed E-state index contributed by atoms with van der Waals surface area (Å²) < 4.78 is 22.4. The van der Waals surface area contributed by atoms with Gasteiger partial charge in [0, 0.05) is 35.1 Å². The predicted molar refractivity (Wildman–Crippen MR) is 152 cm³/mol. The second-order valence-corrected chi connectivity index (χ2v) is 10.1. The van der Waals surface area contributed by atoms with Crippen molar-refractivity contribution in [1.29, 1.82) is 0 Å². The van der Waals surface area contributed by atoms with Crippen LogP contribution in [0.3, 0.4) is 0 Å². The van der Waals surface area contributed by atoms with Crippen LogP contribution in [-0.2, 0) is 26.3 Å². The van der Waals surface area contributed by atoms with Gasteiger partial charge in [0.05, 0.1) is 17.8 Å². The lowest BCUT2D eigenvalue weighted by molar-refractivity contribution is 0.102. The molecule has 5 rings (SSSR count). The van der Waals surface area contributed by atoms with Gasteiger partial charge in [-0.1, -0.05) is 30.7 Å². The third-order valence-electron chi connectivity index (χ3n) is 7.48. The van der Waals surface area contributed by atoms with E-state index in [1.165, 1.54) is 16.7 Å². The maximum atomic E-state index is 15.3. The zero-order valence-corrected chi connectivity index (χ0v) is 23.1. The number of nitrogens with one attached hydrogen (secondary N) is 1. The fourth-order valence-electron chi connectivity index (χ4n) is 5.28. The van der Waals surface area contributed by atoms with Gasteiger partial charge in [0.2, 0.25) is 5.88 Å². The van der Waals surface area contributed by atoms with E-state index < -0.39 is 11.7 Å². The van der Waals surface area contributed by atoms with Gasteiger partial charge in [-0.05, 0) is 85.7 Å². The Balaban J connectivity index is 1.55. The summed E-state index contributed by atoms with van der Waals surface area (Å²) >= 11 is 6.87. The van der Waals surface area contributed by atoms with Crippen LogP contribution in [0.2, 0.25) is 5.02 Å². The van der Waals surface area contributed by atoms with Gasteiger partial charge in [-0.3, -0.25) is 9.59 Å². The molecule has 2 heterocycles. The Labute approximate surface area is 231 Å². The van der Waals surface area contributed by atoms with Crippen LogP contribution in [0.4, 0.5) is 10.1 Å². The summed E-state index contributed by atoms with van der Waals surface area (Å²) in [6.07, 6.45) is 3.55. The minimum Gasteiger partial charge on any atom is -0.481 e. The number of aromatic nitrogens is 2. The number of halogens is 2. The van der Waals surface area contributed by atoms with Gasteiger partial charge in [0.15, 0.2) is 0 Å². The van der Waals surface area contributed by atoms with Crippen molar-refractivity contribution in [3.05, 3.63) is 97.7 Å². The molecular formula is C31H29ClFN3O3. The molecule has 6 nitrogen and oxygen atoms in total. The molecule has 0 spiro atoms. The van der Waals surface area contributed by atoms with Gasteiger partial charge >= 0.3 is 0 Å². The minimum absolute atomic E-state index is 0.0299. The van der Waals surface area contributed by atoms with Crippen molar-refractivity contribution in [2.24, 2.45) is 7.05 Å². The monoisotopic (exact) mass is 545 g/mol. The number of pyridine rings is 2. The molecule has 1 amide bonds. The fraction of sp³-hybridized carbons (Fsp3) is 0.258. The van der Waals surface area contributed by atoms with E-state index in [-0.39, 0.29) is 21.7 Å². The maximum Gasteiger partial charge on any atom is 0.263 e. The first-order valence-electron chi connectivity index (χ1n) is 12.9. The van der Waals surface area contributed by atoms with Crippen molar-refractivity contribution in [1.82, 2.24) is 9.55 Å². The van der Waals surface area contributed by atoms with Crippen molar-refractivity contribution in [3.63, 3.8) is 0 Å². The average molecular weight is 546 g/mol. The van der Waals surface area contributed by atoms with Gasteiger partial charge < -0.3 is 14.6 Å². The SMILES string of the molecule is CCc1ccc(C(=O)Nc2cccc(-c3c(F)ccc(-c4cc5c(c(OC)n4)CCC5)c3Cl)c2C)c(=O)n1C. The number of carbonyl (C=O) groups excluding carboxylic acids is 1. The highest BCUT2D eigenvalue weighted by atomic mass is 35.5. The number of amides is 1. The summed E-state index contributed by atoms with van der Waals surface area (Å²) in [5, 5.41) is 3.04. The molecule has 0 saturated carbocycles. The summed E-state index contributed by atoms with van der Waals surface area (Å²) in [6.45, 7) is 3.72. The molecule has 1 aliphatic carbocycles. The molecule has 0 unspecified atom stereocenters. The number of methoxy groups -OCH3 is 1. The Morgan fingerprint density at radius 3 is 2.69 bits per heavy atom. The molecule has 0 bridgehead atoms. The van der Waals surface area contributed by atoms with Crippen molar-refractivity contribution < 1.29 is 13.9 Å². The molecule has 4 aromatic rings. The Morgan fingerprint density at radius 1 is 1.15 bits per heavy atom. The molecule has 39 heavy (non-hydrogen) atoms. The van der Waals surface area contributed by atoms with E-state index in [2.05, 4.69) is 10.3 Å². The highest BCUT2D eigenvalue weighted by Crippen LogP contribution is 2.42. The van der Waals surface area contributed by atoms with Gasteiger partial charge in [0.25, 0.3) is 11.5 Å². The van der Waals surface area contributed by atoms with Crippen LogP contribution in [0.25, 0.3) is 22.4 Å². The summed E-state index contributed by atoms with van der Waals surface area (Å²) in [5.41, 5.74) is 5.78. The number of hydrogen-bond acceptors (Lipinski definition) is 4. The third kappa shape index (κ3) is 4.72. The largest absolute Gasteiger partial charge is 0.481 e. The second kappa shape index (κ2) is 10.7. The van der Waals surface area contributed by atoms with Crippen molar-refractivity contribution >= 4 is 23.2 Å². The number of rotatable bonds is 6. The van der Waals surface area contributed by atoms with Gasteiger partial charge in [-0.2, -0.15) is 0 Å². The van der Waals surface area contributed by atoms with Crippen LogP contribution in [0.15, 0.2) is 53.3 Å². The Kier molecular flexibility index (Phi) is 7.28. The Morgan fingerprint density at radius 2 is 1.95 bits per heavy atom. The maximum absolute atomic E-state index is 15.3. The predicted octanol–water partition coefficient (Wildman–Crippen LogP) is 6.53. The molecular weight excluding hydrogens is 517 g/mol. The van der Waals surface area contributed by atoms with Gasteiger partial charge in [0.1, 0.15) is 11.4 Å². The number of ether oxygens (including phenoxy) is 1. The molecule has 0 aliphatic heterocycles. The van der Waals surface area contributed by atoms with Crippen molar-refractivity contribution in [3.8, 4) is 28.3 Å². The number of fused-ring (bicyclic) bond motifs is 1. The van der Waals surface area contributed by atoms with Crippen LogP contribution in [0.5, 0.6) is 5.88 Å². The topological polar surface area (TPSA) is 73.2 Å². The first kappa shape index (κ1) is 26.6. The number of carbonyl (C=O) groups is 1. The van der Waals surface area contributed by atoms with E-state index in [9.17, 15) is 9.59 Å². The van der Waals surface area contributed by atoms with E-state index in [0.29, 0.717) is 40.4 Å². The zero-order chi connectivity index (χ0) is 27.8. The smallest absolute Gasteiger partial charge is 0.263 e. The number of hydrogen-bond donors (Lipinski definition) is 1. The highest BCUT2D eigenvalue weighted by molar-refractivity contribution is 6.36.